The lowest BCUT2D eigenvalue weighted by Crippen LogP contribution is -2.33. The average Bonchev–Trinajstić information content (AvgIpc) is 2.67. The van der Waals surface area contributed by atoms with Gasteiger partial charge in [-0.05, 0) is 49.2 Å². The Balaban J connectivity index is 1.91. The maximum absolute atomic E-state index is 12.8. The van der Waals surface area contributed by atoms with Crippen LogP contribution >= 0.6 is 23.4 Å². The first-order valence-electron chi connectivity index (χ1n) is 8.77. The molecule has 0 saturated carbocycles. The highest BCUT2D eigenvalue weighted by Gasteiger charge is 2.27. The van der Waals surface area contributed by atoms with Crippen LogP contribution in [0.2, 0.25) is 5.02 Å². The number of carbonyl (C=O) groups excluding carboxylic acids is 2. The minimum atomic E-state index is -0.129. The molecule has 1 atom stereocenters. The van der Waals surface area contributed by atoms with E-state index in [0.717, 1.165) is 22.6 Å². The zero-order valence-corrected chi connectivity index (χ0v) is 17.0. The molecule has 1 N–H and O–H groups in total. The fourth-order valence-corrected chi connectivity index (χ4v) is 3.95. The Morgan fingerprint density at radius 1 is 1.30 bits per heavy atom. The van der Waals surface area contributed by atoms with Gasteiger partial charge in [-0.15, -0.1) is 0 Å². The maximum atomic E-state index is 12.8. The lowest BCUT2D eigenvalue weighted by Gasteiger charge is -2.27. The van der Waals surface area contributed by atoms with E-state index in [2.05, 4.69) is 5.32 Å². The molecule has 1 aliphatic rings. The summed E-state index contributed by atoms with van der Waals surface area (Å²) in [6.07, 6.45) is 2.67. The predicted octanol–water partition coefficient (Wildman–Crippen LogP) is 4.98. The van der Waals surface area contributed by atoms with Crippen molar-refractivity contribution in [2.75, 3.05) is 11.9 Å². The number of halogens is 1. The summed E-state index contributed by atoms with van der Waals surface area (Å²) in [5.41, 5.74) is 2.09. The van der Waals surface area contributed by atoms with E-state index in [-0.39, 0.29) is 17.9 Å². The number of thioether (sulfide) groups is 1. The van der Waals surface area contributed by atoms with Gasteiger partial charge in [-0.1, -0.05) is 48.5 Å². The Hall–Kier alpha value is -2.24. The van der Waals surface area contributed by atoms with Gasteiger partial charge in [0.2, 0.25) is 0 Å². The number of fused-ring (bicyclic) bond motifs is 1. The summed E-state index contributed by atoms with van der Waals surface area (Å²) in [7, 11) is 1.72. The molecule has 27 heavy (non-hydrogen) atoms. The number of nitrogens with one attached hydrogen (secondary N) is 1. The van der Waals surface area contributed by atoms with Gasteiger partial charge in [0.15, 0.2) is 0 Å². The zero-order chi connectivity index (χ0) is 19.6. The number of hydrogen-bond donors (Lipinski definition) is 1. The molecule has 2 amide bonds. The number of likely N-dealkylation sites (N-methyl/N-ethyl adjacent to an activating group) is 1. The summed E-state index contributed by atoms with van der Waals surface area (Å²) in [5.74, 6) is -0.248. The number of nitrogens with zero attached hydrogens (tertiary/aromatic N) is 1. The van der Waals surface area contributed by atoms with Crippen LogP contribution in [0.15, 0.2) is 52.3 Å². The van der Waals surface area contributed by atoms with Crippen molar-refractivity contribution in [1.82, 2.24) is 5.32 Å². The first-order chi connectivity index (χ1) is 12.9. The molecule has 0 aliphatic carbocycles. The molecule has 4 nitrogen and oxygen atoms in total. The number of rotatable bonds is 4. The van der Waals surface area contributed by atoms with Gasteiger partial charge in [-0.3, -0.25) is 9.59 Å². The van der Waals surface area contributed by atoms with Gasteiger partial charge in [0.05, 0.1) is 10.6 Å². The molecule has 2 aromatic carbocycles. The van der Waals surface area contributed by atoms with Crippen LogP contribution in [0.4, 0.5) is 5.69 Å². The van der Waals surface area contributed by atoms with E-state index < -0.39 is 0 Å². The third-order valence-corrected chi connectivity index (χ3v) is 5.92. The molecule has 1 heterocycles. The fraction of sp³-hybridized carbons (Fsp3) is 0.238. The molecule has 0 radical (unpaired) electrons. The van der Waals surface area contributed by atoms with E-state index in [1.165, 1.54) is 11.8 Å². The van der Waals surface area contributed by atoms with Crippen molar-refractivity contribution in [3.63, 3.8) is 0 Å². The number of amides is 2. The topological polar surface area (TPSA) is 49.4 Å². The zero-order valence-electron chi connectivity index (χ0n) is 15.5. The van der Waals surface area contributed by atoms with Crippen LogP contribution in [-0.4, -0.2) is 24.9 Å². The molecule has 0 bridgehead atoms. The smallest absolute Gasteiger partial charge is 0.264 e. The summed E-state index contributed by atoms with van der Waals surface area (Å²) in [4.78, 5) is 28.3. The SMILES string of the molecule is CC[C@@H](C)NC(=O)c1ccc2c(c1)N(C)C(=O)/C(=C/c1ccccc1Cl)S2. The number of benzene rings is 2. The molecule has 0 fully saturated rings. The van der Waals surface area contributed by atoms with Crippen molar-refractivity contribution in [3.8, 4) is 0 Å². The van der Waals surface area contributed by atoms with Gasteiger partial charge in [-0.2, -0.15) is 0 Å². The molecule has 2 aromatic rings. The lowest BCUT2D eigenvalue weighted by molar-refractivity contribution is -0.114. The highest BCUT2D eigenvalue weighted by molar-refractivity contribution is 8.04. The van der Waals surface area contributed by atoms with Crippen molar-refractivity contribution in [2.24, 2.45) is 0 Å². The van der Waals surface area contributed by atoms with Crippen molar-refractivity contribution >= 4 is 46.9 Å². The quantitative estimate of drug-likeness (QED) is 0.736. The Morgan fingerprint density at radius 2 is 2.04 bits per heavy atom. The number of carbonyl (C=O) groups is 2. The number of anilines is 1. The van der Waals surface area contributed by atoms with Gasteiger partial charge < -0.3 is 10.2 Å². The van der Waals surface area contributed by atoms with Crippen molar-refractivity contribution in [1.29, 1.82) is 0 Å². The molecule has 0 spiro atoms. The second kappa shape index (κ2) is 8.19. The summed E-state index contributed by atoms with van der Waals surface area (Å²) in [6.45, 7) is 3.99. The Labute approximate surface area is 168 Å². The second-order valence-corrected chi connectivity index (χ2v) is 7.95. The fourth-order valence-electron chi connectivity index (χ4n) is 2.68. The molecule has 6 heteroatoms. The molecule has 0 saturated heterocycles. The average molecular weight is 401 g/mol. The highest BCUT2D eigenvalue weighted by atomic mass is 35.5. The van der Waals surface area contributed by atoms with Gasteiger partial charge >= 0.3 is 0 Å². The Kier molecular flexibility index (Phi) is 5.92. The molecular weight excluding hydrogens is 380 g/mol. The van der Waals surface area contributed by atoms with Gasteiger partial charge in [-0.25, -0.2) is 0 Å². The van der Waals surface area contributed by atoms with Gasteiger partial charge in [0, 0.05) is 28.6 Å². The standard InChI is InChI=1S/C21H21ClN2O2S/c1-4-13(2)23-20(25)15-9-10-18-17(11-15)24(3)21(26)19(27-18)12-14-7-5-6-8-16(14)22/h5-13H,4H2,1-3H3,(H,23,25)/b19-12-/t13-/m1/s1. The monoisotopic (exact) mass is 400 g/mol. The van der Waals surface area contributed by atoms with Crippen LogP contribution in [0.25, 0.3) is 6.08 Å². The van der Waals surface area contributed by atoms with E-state index in [9.17, 15) is 9.59 Å². The molecule has 1 aliphatic heterocycles. The van der Waals surface area contributed by atoms with E-state index in [1.54, 1.807) is 36.2 Å². The Bertz CT molecular complexity index is 926. The van der Waals surface area contributed by atoms with Gasteiger partial charge in [0.1, 0.15) is 0 Å². The third kappa shape index (κ3) is 4.20. The number of hydrogen-bond acceptors (Lipinski definition) is 3. The van der Waals surface area contributed by atoms with E-state index in [4.69, 9.17) is 11.6 Å². The highest BCUT2D eigenvalue weighted by Crippen LogP contribution is 2.42. The first kappa shape index (κ1) is 19.5. The summed E-state index contributed by atoms with van der Waals surface area (Å²) >= 11 is 7.60. The maximum Gasteiger partial charge on any atom is 0.264 e. The second-order valence-electron chi connectivity index (χ2n) is 6.46. The van der Waals surface area contributed by atoms with E-state index >= 15 is 0 Å². The molecule has 3 rings (SSSR count). The lowest BCUT2D eigenvalue weighted by atomic mass is 10.1. The van der Waals surface area contributed by atoms with Crippen molar-refractivity contribution in [2.45, 2.75) is 31.2 Å². The molecule has 140 valence electrons. The predicted molar refractivity (Wildman–Crippen MR) is 112 cm³/mol. The van der Waals surface area contributed by atoms with Crippen LogP contribution in [-0.2, 0) is 4.79 Å². The summed E-state index contributed by atoms with van der Waals surface area (Å²) in [5, 5.41) is 3.55. The van der Waals surface area contributed by atoms with Crippen LogP contribution in [0.3, 0.4) is 0 Å². The first-order valence-corrected chi connectivity index (χ1v) is 9.97. The van der Waals surface area contributed by atoms with Crippen LogP contribution in [0, 0.1) is 0 Å². The molecule has 0 unspecified atom stereocenters. The van der Waals surface area contributed by atoms with Gasteiger partial charge in [0.25, 0.3) is 11.8 Å². The largest absolute Gasteiger partial charge is 0.350 e. The molecular formula is C21H21ClN2O2S. The summed E-state index contributed by atoms with van der Waals surface area (Å²) < 4.78 is 0. The third-order valence-electron chi connectivity index (χ3n) is 4.50. The van der Waals surface area contributed by atoms with Crippen molar-refractivity contribution < 1.29 is 9.59 Å². The van der Waals surface area contributed by atoms with E-state index in [1.807, 2.05) is 38.1 Å². The van der Waals surface area contributed by atoms with Crippen LogP contribution in [0.5, 0.6) is 0 Å². The van der Waals surface area contributed by atoms with Crippen LogP contribution < -0.4 is 10.2 Å². The molecule has 0 aromatic heterocycles. The Morgan fingerprint density at radius 3 is 2.74 bits per heavy atom. The minimum Gasteiger partial charge on any atom is -0.350 e. The van der Waals surface area contributed by atoms with Crippen molar-refractivity contribution in [3.05, 3.63) is 63.5 Å². The normalized spacial score (nSPS) is 16.2. The van der Waals surface area contributed by atoms with Crippen LogP contribution in [0.1, 0.15) is 36.2 Å². The minimum absolute atomic E-state index is 0.104. The van der Waals surface area contributed by atoms with E-state index in [0.29, 0.717) is 15.5 Å². The summed E-state index contributed by atoms with van der Waals surface area (Å²) in [6, 6.07) is 13.0.